The molecule has 9 heteroatoms. The van der Waals surface area contributed by atoms with Gasteiger partial charge < -0.3 is 9.11 Å². The summed E-state index contributed by atoms with van der Waals surface area (Å²) in [4.78, 5) is -0.0213. The molecule has 0 N–H and O–H groups in total. The van der Waals surface area contributed by atoms with Crippen molar-refractivity contribution < 1.29 is 25.9 Å². The molecule has 4 aromatic rings. The average molecular weight is 1240 g/mol. The Morgan fingerprint density at radius 1 is 0.271 bits per heavy atom. The van der Waals surface area contributed by atoms with E-state index in [0.29, 0.717) is 10.8 Å². The van der Waals surface area contributed by atoms with E-state index in [9.17, 15) is 25.9 Å². The molecule has 0 saturated heterocycles. The number of aryl methyl sites for hydroxylation is 4. The summed E-state index contributed by atoms with van der Waals surface area (Å²) >= 11 is 0. The minimum Gasteiger partial charge on any atom is -0.744 e. The van der Waals surface area contributed by atoms with Crippen molar-refractivity contribution in [3.05, 3.63) is 82.9 Å². The van der Waals surface area contributed by atoms with Crippen molar-refractivity contribution in [2.75, 3.05) is 0 Å². The molecule has 0 aliphatic rings. The summed E-state index contributed by atoms with van der Waals surface area (Å²) in [6.45, 7) is 9.06. The Morgan fingerprint density at radius 3 is 0.682 bits per heavy atom. The maximum atomic E-state index is 12.3. The van der Waals surface area contributed by atoms with E-state index in [1.165, 1.54) is 257 Å². The van der Waals surface area contributed by atoms with Crippen LogP contribution in [0.3, 0.4) is 0 Å². The Balaban J connectivity index is 0.000000573. The van der Waals surface area contributed by atoms with Gasteiger partial charge in [0.15, 0.2) is 0 Å². The smallest absolute Gasteiger partial charge is 0.744 e. The Kier molecular flexibility index (Phi) is 48.8. The van der Waals surface area contributed by atoms with Crippen LogP contribution in [0.2, 0.25) is 0 Å². The summed E-state index contributed by atoms with van der Waals surface area (Å²) in [7, 11) is -9.07. The number of benzene rings is 4. The van der Waals surface area contributed by atoms with Crippen molar-refractivity contribution in [2.24, 2.45) is 0 Å². The molecule has 480 valence electrons. The number of hydrogen-bond donors (Lipinski definition) is 0. The van der Waals surface area contributed by atoms with E-state index in [-0.39, 0.29) is 47.5 Å². The first-order valence-electron chi connectivity index (χ1n) is 35.9. The van der Waals surface area contributed by atoms with Crippen LogP contribution in [0.25, 0.3) is 21.5 Å². The third kappa shape index (κ3) is 38.1. The number of fused-ring (bicyclic) bond motifs is 2. The van der Waals surface area contributed by atoms with Gasteiger partial charge in [-0.1, -0.05) is 359 Å². The number of rotatable bonds is 54. The molecule has 0 aliphatic carbocycles. The van der Waals surface area contributed by atoms with E-state index in [1.54, 1.807) is 12.1 Å². The van der Waals surface area contributed by atoms with Crippen LogP contribution in [0.15, 0.2) is 70.5 Å². The van der Waals surface area contributed by atoms with E-state index in [4.69, 9.17) is 0 Å². The first kappa shape index (κ1) is 79.6. The van der Waals surface area contributed by atoms with Gasteiger partial charge in [-0.15, -0.1) is 0 Å². The van der Waals surface area contributed by atoms with Crippen LogP contribution < -0.4 is 0 Å². The zero-order valence-electron chi connectivity index (χ0n) is 55.5. The fraction of sp³-hybridized carbons (Fsp3) is 0.737. The summed E-state index contributed by atoms with van der Waals surface area (Å²) in [5, 5.41) is 3.12. The van der Waals surface area contributed by atoms with Crippen LogP contribution in [-0.4, -0.2) is 63.7 Å². The summed E-state index contributed by atoms with van der Waals surface area (Å²) in [5.74, 6) is 0. The van der Waals surface area contributed by atoms with Crippen LogP contribution in [0, 0.1) is 0 Å². The normalized spacial score (nSPS) is 11.8. The second-order valence-electron chi connectivity index (χ2n) is 25.7. The molecule has 0 bridgehead atoms. The molecule has 0 aliphatic heterocycles. The Hall–Kier alpha value is -1.52. The van der Waals surface area contributed by atoms with E-state index in [0.717, 1.165) is 110 Å². The predicted octanol–water partition coefficient (Wildman–Crippen LogP) is 24.1. The molecule has 4 aromatic carbocycles. The Labute approximate surface area is 555 Å². The van der Waals surface area contributed by atoms with E-state index >= 15 is 0 Å². The quantitative estimate of drug-likeness (QED) is 0.0247. The SMILES string of the molecule is CCCCCCCCCCCCCCc1cc(S(=O)(=O)[O-])c2c(CCCCCCCCCCCCCC)cccc2c1.CCCCCCCCCCCCCCc1cc(S(=O)(=O)[O-])c2c(CCCCCCCCCCCCCC)cccc2c1.[Ca+2]. The van der Waals surface area contributed by atoms with Gasteiger partial charge in [0, 0.05) is 10.8 Å². The minimum atomic E-state index is -4.54. The second-order valence-corrected chi connectivity index (χ2v) is 28.4. The summed E-state index contributed by atoms with van der Waals surface area (Å²) < 4.78 is 74.1. The van der Waals surface area contributed by atoms with E-state index < -0.39 is 20.2 Å². The van der Waals surface area contributed by atoms with Crippen molar-refractivity contribution in [2.45, 2.75) is 371 Å². The third-order valence-electron chi connectivity index (χ3n) is 17.9. The molecule has 85 heavy (non-hydrogen) atoms. The van der Waals surface area contributed by atoms with Crippen LogP contribution in [-0.2, 0) is 45.9 Å². The van der Waals surface area contributed by atoms with Gasteiger partial charge in [-0.3, -0.25) is 0 Å². The Morgan fingerprint density at radius 2 is 0.471 bits per heavy atom. The molecule has 0 unspecified atom stereocenters. The Bertz CT molecular complexity index is 2300. The average Bonchev–Trinajstić information content (AvgIpc) is 1.51. The van der Waals surface area contributed by atoms with Crippen molar-refractivity contribution >= 4 is 79.5 Å². The molecular weight excluding hydrogens is 1110 g/mol. The molecule has 0 spiro atoms. The molecule has 0 heterocycles. The van der Waals surface area contributed by atoms with E-state index in [1.807, 2.05) is 36.4 Å². The zero-order valence-corrected chi connectivity index (χ0v) is 59.4. The van der Waals surface area contributed by atoms with Gasteiger partial charge in [0.25, 0.3) is 0 Å². The second kappa shape index (κ2) is 52.1. The van der Waals surface area contributed by atoms with E-state index in [2.05, 4.69) is 39.8 Å². The molecule has 0 amide bonds. The fourth-order valence-electron chi connectivity index (χ4n) is 12.8. The monoisotopic (exact) mass is 1240 g/mol. The van der Waals surface area contributed by atoms with Crippen molar-refractivity contribution in [1.29, 1.82) is 0 Å². The van der Waals surface area contributed by atoms with Gasteiger partial charge >= 0.3 is 37.7 Å². The summed E-state index contributed by atoms with van der Waals surface area (Å²) in [6.07, 6.45) is 65.8. The summed E-state index contributed by atoms with van der Waals surface area (Å²) in [5.41, 5.74) is 3.97. The first-order chi connectivity index (χ1) is 40.9. The van der Waals surface area contributed by atoms with Crippen molar-refractivity contribution in [3.63, 3.8) is 0 Å². The first-order valence-corrected chi connectivity index (χ1v) is 38.8. The maximum Gasteiger partial charge on any atom is 2.00 e. The van der Waals surface area contributed by atoms with Crippen molar-refractivity contribution in [3.8, 4) is 0 Å². The standard InChI is InChI=1S/2C38H64O3S.Ca/c2*1-3-5-7-9-11-13-15-17-19-21-23-25-28-34-32-36-31-27-30-35(38(36)37(33-34)42(39,40)41)29-26-24-22-20-18-16-14-12-10-8-6-4-2;/h2*27,30-33H,3-26,28-29H2,1-2H3,(H,39,40,41);/q;;+2/p-2. The third-order valence-corrected chi connectivity index (χ3v) is 19.7. The van der Waals surface area contributed by atoms with Gasteiger partial charge in [0.05, 0.1) is 9.79 Å². The molecule has 0 saturated carbocycles. The molecule has 6 nitrogen and oxygen atoms in total. The van der Waals surface area contributed by atoms with Gasteiger partial charge in [0.1, 0.15) is 20.2 Å². The van der Waals surface area contributed by atoms with Gasteiger partial charge in [-0.25, -0.2) is 16.8 Å². The maximum absolute atomic E-state index is 12.3. The predicted molar refractivity (Wildman–Crippen MR) is 369 cm³/mol. The van der Waals surface area contributed by atoms with Gasteiger partial charge in [-0.2, -0.15) is 0 Å². The minimum absolute atomic E-state index is 0. The molecule has 0 aromatic heterocycles. The zero-order chi connectivity index (χ0) is 60.6. The fourth-order valence-corrected chi connectivity index (χ4v) is 14.4. The van der Waals surface area contributed by atoms with Crippen LogP contribution in [0.5, 0.6) is 0 Å². The number of hydrogen-bond acceptors (Lipinski definition) is 6. The van der Waals surface area contributed by atoms with Crippen LogP contribution >= 0.6 is 0 Å². The summed E-state index contributed by atoms with van der Waals surface area (Å²) in [6, 6.07) is 19.6. The van der Waals surface area contributed by atoms with Crippen LogP contribution in [0.4, 0.5) is 0 Å². The largest absolute Gasteiger partial charge is 2.00 e. The van der Waals surface area contributed by atoms with Crippen LogP contribution in [0.1, 0.15) is 358 Å². The topological polar surface area (TPSA) is 114 Å². The van der Waals surface area contributed by atoms with Gasteiger partial charge in [-0.05, 0) is 96.5 Å². The molecule has 0 radical (unpaired) electrons. The molecule has 4 rings (SSSR count). The number of unbranched alkanes of at least 4 members (excludes halogenated alkanes) is 44. The molecule has 0 fully saturated rings. The van der Waals surface area contributed by atoms with Crippen molar-refractivity contribution in [1.82, 2.24) is 0 Å². The molecule has 0 atom stereocenters. The van der Waals surface area contributed by atoms with Gasteiger partial charge in [0.2, 0.25) is 0 Å². The molecular formula is C76H126CaO6S2.